The number of para-hydroxylation sites is 1. The summed E-state index contributed by atoms with van der Waals surface area (Å²) >= 11 is 0. The molecule has 0 aliphatic heterocycles. The van der Waals surface area contributed by atoms with Gasteiger partial charge in [0.25, 0.3) is 5.56 Å². The van der Waals surface area contributed by atoms with Crippen LogP contribution in [0.3, 0.4) is 0 Å². The van der Waals surface area contributed by atoms with E-state index >= 15 is 0 Å². The Kier molecular flexibility index (Phi) is 4.55. The van der Waals surface area contributed by atoms with Crippen LogP contribution >= 0.6 is 0 Å². The molecule has 0 bridgehead atoms. The number of carbonyl (C=O) groups is 1. The highest BCUT2D eigenvalue weighted by Crippen LogP contribution is 2.10. The van der Waals surface area contributed by atoms with Gasteiger partial charge in [0.2, 0.25) is 0 Å². The number of aryl methyl sites for hydroxylation is 1. The van der Waals surface area contributed by atoms with E-state index in [1.54, 1.807) is 41.1 Å². The number of nitrogens with one attached hydrogen (secondary N) is 1. The van der Waals surface area contributed by atoms with Crippen molar-refractivity contribution in [1.82, 2.24) is 4.57 Å². The van der Waals surface area contributed by atoms with Crippen LogP contribution in [-0.2, 0) is 6.54 Å². The fraction of sp³-hybridized carbons (Fsp3) is 0.200. The SMILES string of the molecule is CCCn1cc(NC(=O)Oc2ccccc2)ccc1=O. The summed E-state index contributed by atoms with van der Waals surface area (Å²) in [5.41, 5.74) is 0.438. The van der Waals surface area contributed by atoms with Gasteiger partial charge in [0.1, 0.15) is 5.75 Å². The van der Waals surface area contributed by atoms with Crippen molar-refractivity contribution >= 4 is 11.8 Å². The average Bonchev–Trinajstić information content (AvgIpc) is 2.44. The Morgan fingerprint density at radius 3 is 2.65 bits per heavy atom. The Hall–Kier alpha value is -2.56. The maximum absolute atomic E-state index is 11.7. The van der Waals surface area contributed by atoms with Crippen LogP contribution in [0.2, 0.25) is 0 Å². The third kappa shape index (κ3) is 3.71. The molecule has 0 radical (unpaired) electrons. The van der Waals surface area contributed by atoms with Gasteiger partial charge in [0, 0.05) is 18.8 Å². The van der Waals surface area contributed by atoms with Crippen molar-refractivity contribution in [3.8, 4) is 5.75 Å². The molecule has 0 saturated carbocycles. The number of carbonyl (C=O) groups excluding carboxylic acids is 1. The van der Waals surface area contributed by atoms with Gasteiger partial charge in [0.05, 0.1) is 5.69 Å². The van der Waals surface area contributed by atoms with Crippen molar-refractivity contribution in [3.63, 3.8) is 0 Å². The molecule has 2 aromatic rings. The van der Waals surface area contributed by atoms with Crippen LogP contribution in [0, 0.1) is 0 Å². The van der Waals surface area contributed by atoms with E-state index in [1.165, 1.54) is 6.07 Å². The van der Waals surface area contributed by atoms with Crippen molar-refractivity contribution in [2.75, 3.05) is 5.32 Å². The maximum atomic E-state index is 11.7. The van der Waals surface area contributed by atoms with Crippen LogP contribution in [0.4, 0.5) is 10.5 Å². The lowest BCUT2D eigenvalue weighted by Crippen LogP contribution is -2.21. The van der Waals surface area contributed by atoms with Crippen molar-refractivity contribution < 1.29 is 9.53 Å². The van der Waals surface area contributed by atoms with Gasteiger partial charge in [-0.1, -0.05) is 25.1 Å². The highest BCUT2D eigenvalue weighted by molar-refractivity contribution is 5.85. The van der Waals surface area contributed by atoms with E-state index in [2.05, 4.69) is 5.32 Å². The molecule has 5 heteroatoms. The molecule has 0 unspecified atom stereocenters. The average molecular weight is 272 g/mol. The van der Waals surface area contributed by atoms with Crippen molar-refractivity contribution in [3.05, 3.63) is 59.0 Å². The number of amides is 1. The molecular weight excluding hydrogens is 256 g/mol. The zero-order chi connectivity index (χ0) is 14.4. The van der Waals surface area contributed by atoms with Crippen LogP contribution in [0.15, 0.2) is 53.5 Å². The van der Waals surface area contributed by atoms with E-state index in [1.807, 2.05) is 13.0 Å². The van der Waals surface area contributed by atoms with E-state index in [4.69, 9.17) is 4.74 Å². The Labute approximate surface area is 116 Å². The summed E-state index contributed by atoms with van der Waals surface area (Å²) in [4.78, 5) is 23.3. The number of pyridine rings is 1. The van der Waals surface area contributed by atoms with Gasteiger partial charge in [0.15, 0.2) is 0 Å². The van der Waals surface area contributed by atoms with E-state index < -0.39 is 6.09 Å². The number of nitrogens with zero attached hydrogens (tertiary/aromatic N) is 1. The molecule has 1 N–H and O–H groups in total. The van der Waals surface area contributed by atoms with Gasteiger partial charge >= 0.3 is 6.09 Å². The normalized spacial score (nSPS) is 10.1. The fourth-order valence-electron chi connectivity index (χ4n) is 1.76. The molecule has 5 nitrogen and oxygen atoms in total. The number of benzene rings is 1. The summed E-state index contributed by atoms with van der Waals surface area (Å²) in [5.74, 6) is 0.465. The molecule has 0 aliphatic carbocycles. The first kappa shape index (κ1) is 13.9. The molecule has 1 heterocycles. The molecule has 0 fully saturated rings. The molecule has 104 valence electrons. The molecular formula is C15H16N2O3. The minimum Gasteiger partial charge on any atom is -0.410 e. The maximum Gasteiger partial charge on any atom is 0.417 e. The van der Waals surface area contributed by atoms with Gasteiger partial charge in [-0.25, -0.2) is 4.79 Å². The Morgan fingerprint density at radius 1 is 1.20 bits per heavy atom. The molecule has 1 amide bonds. The van der Waals surface area contributed by atoms with Crippen molar-refractivity contribution in [2.45, 2.75) is 19.9 Å². The van der Waals surface area contributed by atoms with Crippen molar-refractivity contribution in [1.29, 1.82) is 0 Å². The summed E-state index contributed by atoms with van der Waals surface area (Å²) in [6.45, 7) is 2.60. The highest BCUT2D eigenvalue weighted by Gasteiger charge is 2.06. The quantitative estimate of drug-likeness (QED) is 0.931. The van der Waals surface area contributed by atoms with Crippen molar-refractivity contribution in [2.24, 2.45) is 0 Å². The number of rotatable bonds is 4. The predicted octanol–water partition coefficient (Wildman–Crippen LogP) is 2.87. The van der Waals surface area contributed by atoms with Crippen LogP contribution < -0.4 is 15.6 Å². The van der Waals surface area contributed by atoms with E-state index in [0.717, 1.165) is 6.42 Å². The summed E-state index contributed by atoms with van der Waals surface area (Å²) < 4.78 is 6.66. The lowest BCUT2D eigenvalue weighted by Gasteiger charge is -2.09. The minimum absolute atomic E-state index is 0.0890. The number of aromatic nitrogens is 1. The first-order valence-electron chi connectivity index (χ1n) is 6.43. The summed E-state index contributed by atoms with van der Waals surface area (Å²) in [6, 6.07) is 11.8. The third-order valence-corrected chi connectivity index (χ3v) is 2.65. The number of ether oxygens (including phenoxy) is 1. The van der Waals surface area contributed by atoms with Gasteiger partial charge in [-0.3, -0.25) is 10.1 Å². The predicted molar refractivity (Wildman–Crippen MR) is 77.1 cm³/mol. The second kappa shape index (κ2) is 6.56. The van der Waals surface area contributed by atoms with Crippen LogP contribution in [0.25, 0.3) is 0 Å². The molecule has 20 heavy (non-hydrogen) atoms. The topological polar surface area (TPSA) is 60.3 Å². The summed E-state index contributed by atoms with van der Waals surface area (Å²) in [7, 11) is 0. The largest absolute Gasteiger partial charge is 0.417 e. The zero-order valence-corrected chi connectivity index (χ0v) is 11.2. The molecule has 0 aliphatic rings. The van der Waals surface area contributed by atoms with Gasteiger partial charge in [-0.15, -0.1) is 0 Å². The zero-order valence-electron chi connectivity index (χ0n) is 11.2. The first-order chi connectivity index (χ1) is 9.69. The summed E-state index contributed by atoms with van der Waals surface area (Å²) in [6.07, 6.45) is 1.87. The van der Waals surface area contributed by atoms with E-state index in [-0.39, 0.29) is 5.56 Å². The number of hydrogen-bond donors (Lipinski definition) is 1. The number of hydrogen-bond acceptors (Lipinski definition) is 3. The van der Waals surface area contributed by atoms with E-state index in [0.29, 0.717) is 18.0 Å². The smallest absolute Gasteiger partial charge is 0.410 e. The Balaban J connectivity index is 2.04. The minimum atomic E-state index is -0.585. The van der Waals surface area contributed by atoms with Crippen LogP contribution in [-0.4, -0.2) is 10.7 Å². The molecule has 0 atom stereocenters. The van der Waals surface area contributed by atoms with Gasteiger partial charge < -0.3 is 9.30 Å². The lowest BCUT2D eigenvalue weighted by atomic mass is 10.3. The van der Waals surface area contributed by atoms with Gasteiger partial charge in [-0.05, 0) is 24.6 Å². The summed E-state index contributed by atoms with van der Waals surface area (Å²) in [5, 5.41) is 2.60. The third-order valence-electron chi connectivity index (χ3n) is 2.65. The molecule has 2 rings (SSSR count). The molecule has 0 spiro atoms. The monoisotopic (exact) mass is 272 g/mol. The van der Waals surface area contributed by atoms with Crippen LogP contribution in [0.5, 0.6) is 5.75 Å². The first-order valence-corrected chi connectivity index (χ1v) is 6.43. The van der Waals surface area contributed by atoms with Crippen LogP contribution in [0.1, 0.15) is 13.3 Å². The molecule has 1 aromatic heterocycles. The molecule has 0 saturated heterocycles. The standard InChI is InChI=1S/C15H16N2O3/c1-2-10-17-11-12(8-9-14(17)18)16-15(19)20-13-6-4-3-5-7-13/h3-9,11H,2,10H2,1H3,(H,16,19). The number of anilines is 1. The second-order valence-corrected chi connectivity index (χ2v) is 4.28. The molecule has 1 aromatic carbocycles. The highest BCUT2D eigenvalue weighted by atomic mass is 16.6. The Bertz CT molecular complexity index is 635. The Morgan fingerprint density at radius 2 is 1.95 bits per heavy atom. The van der Waals surface area contributed by atoms with E-state index in [9.17, 15) is 9.59 Å². The lowest BCUT2D eigenvalue weighted by molar-refractivity contribution is 0.215. The fourth-order valence-corrected chi connectivity index (χ4v) is 1.76. The second-order valence-electron chi connectivity index (χ2n) is 4.28. The van der Waals surface area contributed by atoms with Gasteiger partial charge in [-0.2, -0.15) is 0 Å².